The predicted octanol–water partition coefficient (Wildman–Crippen LogP) is 2.32. The fraction of sp³-hybridized carbons (Fsp3) is 0.167. The summed E-state index contributed by atoms with van der Waals surface area (Å²) in [4.78, 5) is 37.2. The van der Waals surface area contributed by atoms with E-state index in [1.165, 1.54) is 11.0 Å². The van der Waals surface area contributed by atoms with Crippen LogP contribution in [0.15, 0.2) is 48.5 Å². The summed E-state index contributed by atoms with van der Waals surface area (Å²) >= 11 is 11.7. The zero-order valence-electron chi connectivity index (χ0n) is 14.5. The molecule has 0 saturated heterocycles. The Morgan fingerprint density at radius 2 is 1.56 bits per heavy atom. The summed E-state index contributed by atoms with van der Waals surface area (Å²) in [6.07, 6.45) is 0. The van der Waals surface area contributed by atoms with E-state index in [1.807, 2.05) is 0 Å². The molecule has 3 N–H and O–H groups in total. The molecule has 2 aromatic rings. The standard InChI is InChI=1S/C18H18Cl2N4O3/c1-24(10-16(25)21-13-7-8-14(19)15(20)9-13)11-17(26)22-23-18(27)12-5-3-2-4-6-12/h2-9H,10-11H2,1H3,(H,21,25)(H,22,26)(H,23,27). The van der Waals surface area contributed by atoms with Crippen LogP contribution in [0.3, 0.4) is 0 Å². The summed E-state index contributed by atoms with van der Waals surface area (Å²) < 4.78 is 0. The van der Waals surface area contributed by atoms with E-state index in [9.17, 15) is 14.4 Å². The number of nitrogens with one attached hydrogen (secondary N) is 3. The second kappa shape index (κ2) is 9.91. The van der Waals surface area contributed by atoms with Crippen molar-refractivity contribution in [2.24, 2.45) is 0 Å². The average molecular weight is 409 g/mol. The van der Waals surface area contributed by atoms with Crippen LogP contribution < -0.4 is 16.2 Å². The Hall–Kier alpha value is -2.61. The molecule has 0 aliphatic carbocycles. The molecule has 9 heteroatoms. The first kappa shape index (κ1) is 20.7. The highest BCUT2D eigenvalue weighted by Crippen LogP contribution is 2.24. The third-order valence-electron chi connectivity index (χ3n) is 3.38. The zero-order valence-corrected chi connectivity index (χ0v) is 16.0. The maximum atomic E-state index is 12.0. The van der Waals surface area contributed by atoms with Gasteiger partial charge in [-0.3, -0.25) is 30.1 Å². The lowest BCUT2D eigenvalue weighted by Crippen LogP contribution is -2.46. The van der Waals surface area contributed by atoms with Gasteiger partial charge in [-0.2, -0.15) is 0 Å². The van der Waals surface area contributed by atoms with Gasteiger partial charge in [-0.05, 0) is 37.4 Å². The number of hydrogen-bond donors (Lipinski definition) is 3. The number of halogens is 2. The summed E-state index contributed by atoms with van der Waals surface area (Å²) in [6.45, 7) is -0.107. The summed E-state index contributed by atoms with van der Waals surface area (Å²) in [5.74, 6) is -1.20. The number of carbonyl (C=O) groups is 3. The topological polar surface area (TPSA) is 90.5 Å². The van der Waals surface area contributed by atoms with Gasteiger partial charge in [0, 0.05) is 11.3 Å². The lowest BCUT2D eigenvalue weighted by Gasteiger charge is -2.16. The van der Waals surface area contributed by atoms with Crippen LogP contribution in [0.2, 0.25) is 10.0 Å². The van der Waals surface area contributed by atoms with Crippen molar-refractivity contribution in [2.75, 3.05) is 25.5 Å². The van der Waals surface area contributed by atoms with Crippen LogP contribution in [0.25, 0.3) is 0 Å². The van der Waals surface area contributed by atoms with Gasteiger partial charge in [-0.25, -0.2) is 0 Å². The molecule has 0 aliphatic heterocycles. The third-order valence-corrected chi connectivity index (χ3v) is 4.12. The van der Waals surface area contributed by atoms with Crippen molar-refractivity contribution < 1.29 is 14.4 Å². The normalized spacial score (nSPS) is 10.4. The van der Waals surface area contributed by atoms with E-state index in [2.05, 4.69) is 16.2 Å². The molecule has 0 saturated carbocycles. The quantitative estimate of drug-likeness (QED) is 0.639. The molecule has 0 aliphatic rings. The first-order valence-electron chi connectivity index (χ1n) is 7.93. The minimum atomic E-state index is -0.455. The van der Waals surface area contributed by atoms with E-state index in [-0.39, 0.29) is 19.0 Å². The summed E-state index contributed by atoms with van der Waals surface area (Å²) in [7, 11) is 1.60. The summed E-state index contributed by atoms with van der Waals surface area (Å²) in [6, 6.07) is 13.2. The molecule has 0 aromatic heterocycles. The molecule has 142 valence electrons. The van der Waals surface area contributed by atoms with Crippen LogP contribution in [0.1, 0.15) is 10.4 Å². The Kier molecular flexibility index (Phi) is 7.60. The largest absolute Gasteiger partial charge is 0.325 e. The Morgan fingerprint density at radius 3 is 2.22 bits per heavy atom. The van der Waals surface area contributed by atoms with Gasteiger partial charge in [0.25, 0.3) is 11.8 Å². The second-order valence-electron chi connectivity index (χ2n) is 5.72. The van der Waals surface area contributed by atoms with Crippen LogP contribution in [-0.2, 0) is 9.59 Å². The van der Waals surface area contributed by atoms with Crippen molar-refractivity contribution in [3.63, 3.8) is 0 Å². The molecule has 0 atom stereocenters. The molecule has 0 heterocycles. The van der Waals surface area contributed by atoms with Crippen molar-refractivity contribution >= 4 is 46.6 Å². The highest BCUT2D eigenvalue weighted by Gasteiger charge is 2.12. The monoisotopic (exact) mass is 408 g/mol. The van der Waals surface area contributed by atoms with Gasteiger partial charge in [0.05, 0.1) is 23.1 Å². The van der Waals surface area contributed by atoms with Crippen LogP contribution in [-0.4, -0.2) is 42.8 Å². The molecule has 2 rings (SSSR count). The fourth-order valence-electron chi connectivity index (χ4n) is 2.15. The van der Waals surface area contributed by atoms with Gasteiger partial charge in [-0.1, -0.05) is 41.4 Å². The maximum Gasteiger partial charge on any atom is 0.269 e. The molecule has 0 spiro atoms. The Morgan fingerprint density at radius 1 is 0.889 bits per heavy atom. The number of carbonyl (C=O) groups excluding carboxylic acids is 3. The van der Waals surface area contributed by atoms with E-state index in [1.54, 1.807) is 49.5 Å². The second-order valence-corrected chi connectivity index (χ2v) is 6.53. The molecule has 0 bridgehead atoms. The predicted molar refractivity (Wildman–Crippen MR) is 105 cm³/mol. The number of nitrogens with zero attached hydrogens (tertiary/aromatic N) is 1. The van der Waals surface area contributed by atoms with Crippen LogP contribution in [0.5, 0.6) is 0 Å². The minimum Gasteiger partial charge on any atom is -0.325 e. The number of benzene rings is 2. The van der Waals surface area contributed by atoms with Gasteiger partial charge >= 0.3 is 0 Å². The molecule has 0 radical (unpaired) electrons. The summed E-state index contributed by atoms with van der Waals surface area (Å²) in [5, 5.41) is 3.38. The number of rotatable bonds is 6. The zero-order chi connectivity index (χ0) is 19.8. The molecule has 0 fully saturated rings. The highest BCUT2D eigenvalue weighted by atomic mass is 35.5. The lowest BCUT2D eigenvalue weighted by atomic mass is 10.2. The molecule has 2 aromatic carbocycles. The van der Waals surface area contributed by atoms with E-state index < -0.39 is 11.8 Å². The van der Waals surface area contributed by atoms with E-state index in [4.69, 9.17) is 23.2 Å². The van der Waals surface area contributed by atoms with Gasteiger partial charge in [0.1, 0.15) is 0 Å². The SMILES string of the molecule is CN(CC(=O)NNC(=O)c1ccccc1)CC(=O)Nc1ccc(Cl)c(Cl)c1. The first-order chi connectivity index (χ1) is 12.8. The van der Waals surface area contributed by atoms with Crippen molar-refractivity contribution in [1.82, 2.24) is 15.8 Å². The third kappa shape index (κ3) is 6.90. The first-order valence-corrected chi connectivity index (χ1v) is 8.68. The minimum absolute atomic E-state index is 0.0275. The van der Waals surface area contributed by atoms with E-state index in [0.717, 1.165) is 0 Å². The lowest BCUT2D eigenvalue weighted by molar-refractivity contribution is -0.123. The van der Waals surface area contributed by atoms with Gasteiger partial charge in [0.2, 0.25) is 5.91 Å². The molecule has 27 heavy (non-hydrogen) atoms. The van der Waals surface area contributed by atoms with Gasteiger partial charge in [0.15, 0.2) is 0 Å². The van der Waals surface area contributed by atoms with Crippen molar-refractivity contribution in [1.29, 1.82) is 0 Å². The molecule has 7 nitrogen and oxygen atoms in total. The molecule has 0 unspecified atom stereocenters. The molecular weight excluding hydrogens is 391 g/mol. The Balaban J connectivity index is 1.74. The number of anilines is 1. The maximum absolute atomic E-state index is 12.0. The van der Waals surface area contributed by atoms with Crippen LogP contribution >= 0.6 is 23.2 Å². The molecule has 3 amide bonds. The van der Waals surface area contributed by atoms with Crippen molar-refractivity contribution in [2.45, 2.75) is 0 Å². The van der Waals surface area contributed by atoms with Crippen LogP contribution in [0.4, 0.5) is 5.69 Å². The number of amides is 3. The van der Waals surface area contributed by atoms with Gasteiger partial charge in [-0.15, -0.1) is 0 Å². The van der Waals surface area contributed by atoms with Gasteiger partial charge < -0.3 is 5.32 Å². The van der Waals surface area contributed by atoms with E-state index in [0.29, 0.717) is 21.3 Å². The van der Waals surface area contributed by atoms with Crippen LogP contribution in [0, 0.1) is 0 Å². The fourth-order valence-corrected chi connectivity index (χ4v) is 2.45. The number of likely N-dealkylation sites (N-methyl/N-ethyl adjacent to an activating group) is 1. The van der Waals surface area contributed by atoms with Crippen molar-refractivity contribution in [3.8, 4) is 0 Å². The molecular formula is C18H18Cl2N4O3. The highest BCUT2D eigenvalue weighted by molar-refractivity contribution is 6.42. The Labute approximate surface area is 166 Å². The van der Waals surface area contributed by atoms with E-state index >= 15 is 0 Å². The van der Waals surface area contributed by atoms with Crippen molar-refractivity contribution in [3.05, 3.63) is 64.1 Å². The average Bonchev–Trinajstić information content (AvgIpc) is 2.63. The summed E-state index contributed by atoms with van der Waals surface area (Å²) in [5.41, 5.74) is 5.55. The Bertz CT molecular complexity index is 831. The number of hydrogen-bond acceptors (Lipinski definition) is 4. The number of hydrazine groups is 1. The smallest absolute Gasteiger partial charge is 0.269 e.